The van der Waals surface area contributed by atoms with Gasteiger partial charge in [-0.3, -0.25) is 4.79 Å². The van der Waals surface area contributed by atoms with Gasteiger partial charge in [-0.2, -0.15) is 0 Å². The molecule has 1 aromatic rings. The van der Waals surface area contributed by atoms with Crippen LogP contribution in [0.25, 0.3) is 0 Å². The number of nitrogens with two attached hydrogens (primary N) is 1. The van der Waals surface area contributed by atoms with E-state index in [2.05, 4.69) is 5.32 Å². The first-order valence-corrected chi connectivity index (χ1v) is 6.82. The lowest BCUT2D eigenvalue weighted by molar-refractivity contribution is -0.118. The highest BCUT2D eigenvalue weighted by Gasteiger charge is 2.18. The molecule has 0 fully saturated rings. The fraction of sp³-hybridized carbons (Fsp3) is 0.500. The van der Waals surface area contributed by atoms with Crippen LogP contribution in [0.1, 0.15) is 27.2 Å². The maximum absolute atomic E-state index is 12.0. The number of hydrogen-bond donors (Lipinski definition) is 2. The molecule has 0 bridgehead atoms. The molecule has 0 spiro atoms. The summed E-state index contributed by atoms with van der Waals surface area (Å²) in [5.74, 6) is 0.438. The van der Waals surface area contributed by atoms with Gasteiger partial charge in [-0.25, -0.2) is 0 Å². The zero-order chi connectivity index (χ0) is 14.4. The minimum Gasteiger partial charge on any atom is -0.491 e. The second-order valence-corrected chi connectivity index (χ2v) is 5.18. The Balaban J connectivity index is 2.86. The van der Waals surface area contributed by atoms with Gasteiger partial charge in [0.25, 0.3) is 0 Å². The molecule has 0 saturated carbocycles. The van der Waals surface area contributed by atoms with E-state index in [4.69, 9.17) is 22.1 Å². The van der Waals surface area contributed by atoms with Gasteiger partial charge in [-0.05, 0) is 30.5 Å². The molecule has 0 aromatic heterocycles. The van der Waals surface area contributed by atoms with Crippen LogP contribution < -0.4 is 15.8 Å². The van der Waals surface area contributed by atoms with Crippen molar-refractivity contribution in [2.75, 3.05) is 11.9 Å². The summed E-state index contributed by atoms with van der Waals surface area (Å²) >= 11 is 5.94. The summed E-state index contributed by atoms with van der Waals surface area (Å²) in [7, 11) is 0. The predicted molar refractivity (Wildman–Crippen MR) is 78.7 cm³/mol. The van der Waals surface area contributed by atoms with Crippen LogP contribution >= 0.6 is 11.6 Å². The Morgan fingerprint density at radius 1 is 1.47 bits per heavy atom. The molecule has 1 unspecified atom stereocenters. The number of nitrogens with one attached hydrogen (secondary N) is 1. The Labute approximate surface area is 119 Å². The second kappa shape index (κ2) is 7.36. The molecule has 1 rings (SSSR count). The summed E-state index contributed by atoms with van der Waals surface area (Å²) in [6.07, 6.45) is 0.890. The molecule has 0 saturated heterocycles. The van der Waals surface area contributed by atoms with Gasteiger partial charge in [-0.1, -0.05) is 32.4 Å². The van der Waals surface area contributed by atoms with Crippen molar-refractivity contribution in [2.24, 2.45) is 11.7 Å². The molecule has 0 aliphatic heterocycles. The Morgan fingerprint density at radius 3 is 2.74 bits per heavy atom. The molecule has 3 N–H and O–H groups in total. The zero-order valence-electron chi connectivity index (χ0n) is 11.6. The summed E-state index contributed by atoms with van der Waals surface area (Å²) < 4.78 is 5.57. The predicted octanol–water partition coefficient (Wildman–Crippen LogP) is 3.05. The average Bonchev–Trinajstić information content (AvgIpc) is 2.36. The van der Waals surface area contributed by atoms with E-state index in [9.17, 15) is 4.79 Å². The molecule has 5 heteroatoms. The summed E-state index contributed by atoms with van der Waals surface area (Å²) in [6, 6.07) is 4.58. The molecule has 1 atom stereocenters. The average molecular weight is 285 g/mol. The molecule has 0 aliphatic carbocycles. The van der Waals surface area contributed by atoms with Crippen molar-refractivity contribution in [2.45, 2.75) is 33.2 Å². The molecule has 0 aliphatic rings. The molecule has 19 heavy (non-hydrogen) atoms. The second-order valence-electron chi connectivity index (χ2n) is 4.75. The lowest BCUT2D eigenvalue weighted by Gasteiger charge is -2.17. The first-order valence-electron chi connectivity index (χ1n) is 6.44. The summed E-state index contributed by atoms with van der Waals surface area (Å²) in [5.41, 5.74) is 6.37. The molecule has 4 nitrogen and oxygen atoms in total. The summed E-state index contributed by atoms with van der Waals surface area (Å²) in [5, 5.41) is 3.31. The molecule has 106 valence electrons. The van der Waals surface area contributed by atoms with Gasteiger partial charge in [0.05, 0.1) is 18.3 Å². The van der Waals surface area contributed by atoms with Crippen molar-refractivity contribution in [3.05, 3.63) is 23.2 Å². The molecular weight excluding hydrogens is 264 g/mol. The van der Waals surface area contributed by atoms with E-state index < -0.39 is 6.04 Å². The van der Waals surface area contributed by atoms with Crippen molar-refractivity contribution < 1.29 is 9.53 Å². The number of amides is 1. The quantitative estimate of drug-likeness (QED) is 0.844. The summed E-state index contributed by atoms with van der Waals surface area (Å²) in [4.78, 5) is 12.0. The monoisotopic (exact) mass is 284 g/mol. The van der Waals surface area contributed by atoms with Gasteiger partial charge < -0.3 is 15.8 Å². The lowest BCUT2D eigenvalue weighted by atomic mass is 10.0. The van der Waals surface area contributed by atoms with Gasteiger partial charge in [0.15, 0.2) is 0 Å². The van der Waals surface area contributed by atoms with E-state index in [1.54, 1.807) is 18.2 Å². The van der Waals surface area contributed by atoms with E-state index in [-0.39, 0.29) is 11.8 Å². The Bertz CT molecular complexity index is 435. The van der Waals surface area contributed by atoms with E-state index >= 15 is 0 Å². The molecular formula is C14H21ClN2O2. The van der Waals surface area contributed by atoms with Gasteiger partial charge >= 0.3 is 0 Å². The fourth-order valence-corrected chi connectivity index (χ4v) is 1.63. The molecule has 0 heterocycles. The third-order valence-corrected chi connectivity index (χ3v) is 2.92. The number of rotatable bonds is 6. The van der Waals surface area contributed by atoms with Crippen molar-refractivity contribution in [1.29, 1.82) is 0 Å². The first kappa shape index (κ1) is 15.8. The Hall–Kier alpha value is -1.26. The van der Waals surface area contributed by atoms with Crippen molar-refractivity contribution in [3.8, 4) is 5.75 Å². The highest BCUT2D eigenvalue weighted by atomic mass is 35.5. The number of anilines is 1. The molecule has 1 amide bonds. The number of benzene rings is 1. The third kappa shape index (κ3) is 4.73. The smallest absolute Gasteiger partial charge is 0.241 e. The zero-order valence-corrected chi connectivity index (χ0v) is 12.3. The maximum atomic E-state index is 12.0. The highest BCUT2D eigenvalue weighted by Crippen LogP contribution is 2.28. The number of carbonyl (C=O) groups excluding carboxylic acids is 1. The van der Waals surface area contributed by atoms with Crippen molar-refractivity contribution in [3.63, 3.8) is 0 Å². The van der Waals surface area contributed by atoms with Crippen LogP contribution in [0.2, 0.25) is 5.02 Å². The van der Waals surface area contributed by atoms with Crippen LogP contribution in [-0.4, -0.2) is 18.6 Å². The minimum atomic E-state index is -0.557. The van der Waals surface area contributed by atoms with Gasteiger partial charge in [-0.15, -0.1) is 0 Å². The molecule has 0 radical (unpaired) electrons. The van der Waals surface area contributed by atoms with Crippen LogP contribution in [0.5, 0.6) is 5.75 Å². The first-order chi connectivity index (χ1) is 8.95. The standard InChI is InChI=1S/C14H21ClN2O2/c1-4-7-19-12-6-5-10(15)8-11(12)17-14(18)13(16)9(2)3/h5-6,8-9,13H,4,7,16H2,1-3H3,(H,17,18). The number of ether oxygens (including phenoxy) is 1. The summed E-state index contributed by atoms with van der Waals surface area (Å²) in [6.45, 7) is 6.40. The van der Waals surface area contributed by atoms with Gasteiger partial charge in [0, 0.05) is 5.02 Å². The van der Waals surface area contributed by atoms with Crippen molar-refractivity contribution in [1.82, 2.24) is 0 Å². The van der Waals surface area contributed by atoms with Crippen LogP contribution in [0.15, 0.2) is 18.2 Å². The van der Waals surface area contributed by atoms with Crippen LogP contribution in [0, 0.1) is 5.92 Å². The van der Waals surface area contributed by atoms with Crippen LogP contribution in [-0.2, 0) is 4.79 Å². The lowest BCUT2D eigenvalue weighted by Crippen LogP contribution is -2.39. The van der Waals surface area contributed by atoms with E-state index in [0.717, 1.165) is 6.42 Å². The third-order valence-electron chi connectivity index (χ3n) is 2.68. The topological polar surface area (TPSA) is 64.3 Å². The Kier molecular flexibility index (Phi) is 6.12. The number of hydrogen-bond acceptors (Lipinski definition) is 3. The SMILES string of the molecule is CCCOc1ccc(Cl)cc1NC(=O)C(N)C(C)C. The van der Waals surface area contributed by atoms with E-state index in [0.29, 0.717) is 23.1 Å². The van der Waals surface area contributed by atoms with Gasteiger partial charge in [0.2, 0.25) is 5.91 Å². The van der Waals surface area contributed by atoms with Gasteiger partial charge in [0.1, 0.15) is 5.75 Å². The van der Waals surface area contributed by atoms with Crippen LogP contribution in [0.3, 0.4) is 0 Å². The van der Waals surface area contributed by atoms with Crippen LogP contribution in [0.4, 0.5) is 5.69 Å². The molecule has 1 aromatic carbocycles. The highest BCUT2D eigenvalue weighted by molar-refractivity contribution is 6.31. The Morgan fingerprint density at radius 2 is 2.16 bits per heavy atom. The number of carbonyl (C=O) groups is 1. The fourth-order valence-electron chi connectivity index (χ4n) is 1.46. The minimum absolute atomic E-state index is 0.0687. The van der Waals surface area contributed by atoms with E-state index in [1.165, 1.54) is 0 Å². The normalized spacial score (nSPS) is 12.3. The number of halogens is 1. The maximum Gasteiger partial charge on any atom is 0.241 e. The van der Waals surface area contributed by atoms with Crippen molar-refractivity contribution >= 4 is 23.2 Å². The largest absolute Gasteiger partial charge is 0.491 e. The van der Waals surface area contributed by atoms with E-state index in [1.807, 2.05) is 20.8 Å².